The molecule has 0 radical (unpaired) electrons. The molecule has 1 rings (SSSR count). The largest absolute Gasteiger partial charge is 0.489 e. The van der Waals surface area contributed by atoms with Crippen molar-refractivity contribution in [2.75, 3.05) is 6.61 Å². The summed E-state index contributed by atoms with van der Waals surface area (Å²) in [6.45, 7) is 8.55. The van der Waals surface area contributed by atoms with Crippen molar-refractivity contribution >= 4 is 0 Å². The van der Waals surface area contributed by atoms with E-state index in [1.54, 1.807) is 0 Å². The van der Waals surface area contributed by atoms with E-state index in [1.165, 1.54) is 12.0 Å². The highest BCUT2D eigenvalue weighted by Crippen LogP contribution is 2.13. The van der Waals surface area contributed by atoms with Crippen molar-refractivity contribution in [3.63, 3.8) is 0 Å². The second kappa shape index (κ2) is 5.48. The first-order chi connectivity index (χ1) is 6.72. The molecule has 0 saturated heterocycles. The maximum Gasteiger partial charge on any atom is 0.119 e. The SMILES string of the molecule is C=C(C)COc1ccc(CCC)cc1. The Morgan fingerprint density at radius 2 is 1.93 bits per heavy atom. The van der Waals surface area contributed by atoms with Crippen LogP contribution in [0.2, 0.25) is 0 Å². The third kappa shape index (κ3) is 3.65. The van der Waals surface area contributed by atoms with Crippen LogP contribution in [0, 0.1) is 0 Å². The van der Waals surface area contributed by atoms with Crippen LogP contribution in [0.3, 0.4) is 0 Å². The smallest absolute Gasteiger partial charge is 0.119 e. The average molecular weight is 190 g/mol. The van der Waals surface area contributed by atoms with E-state index in [1.807, 2.05) is 19.1 Å². The fraction of sp³-hybridized carbons (Fsp3) is 0.385. The monoisotopic (exact) mass is 190 g/mol. The van der Waals surface area contributed by atoms with Gasteiger partial charge in [0, 0.05) is 0 Å². The summed E-state index contributed by atoms with van der Waals surface area (Å²) in [5.74, 6) is 0.924. The van der Waals surface area contributed by atoms with Crippen LogP contribution in [0.1, 0.15) is 25.8 Å². The van der Waals surface area contributed by atoms with Crippen LogP contribution in [0.4, 0.5) is 0 Å². The highest BCUT2D eigenvalue weighted by atomic mass is 16.5. The minimum Gasteiger partial charge on any atom is -0.489 e. The first kappa shape index (κ1) is 10.8. The lowest BCUT2D eigenvalue weighted by Gasteiger charge is -2.06. The van der Waals surface area contributed by atoms with Crippen LogP contribution >= 0.6 is 0 Å². The predicted molar refractivity (Wildman–Crippen MR) is 60.7 cm³/mol. The van der Waals surface area contributed by atoms with E-state index in [2.05, 4.69) is 25.6 Å². The molecule has 0 atom stereocenters. The quantitative estimate of drug-likeness (QED) is 0.645. The maximum atomic E-state index is 5.50. The molecule has 0 N–H and O–H groups in total. The van der Waals surface area contributed by atoms with Gasteiger partial charge >= 0.3 is 0 Å². The number of hydrogen-bond donors (Lipinski definition) is 0. The van der Waals surface area contributed by atoms with Crippen molar-refractivity contribution in [2.24, 2.45) is 0 Å². The lowest BCUT2D eigenvalue weighted by atomic mass is 10.1. The number of benzene rings is 1. The Kier molecular flexibility index (Phi) is 4.24. The van der Waals surface area contributed by atoms with Gasteiger partial charge in [-0.15, -0.1) is 0 Å². The van der Waals surface area contributed by atoms with Crippen LogP contribution in [-0.4, -0.2) is 6.61 Å². The van der Waals surface area contributed by atoms with Gasteiger partial charge in [0.25, 0.3) is 0 Å². The molecule has 0 aliphatic heterocycles. The molecule has 0 aliphatic rings. The summed E-state index contributed by atoms with van der Waals surface area (Å²) in [6.07, 6.45) is 2.33. The summed E-state index contributed by atoms with van der Waals surface area (Å²) >= 11 is 0. The Balaban J connectivity index is 2.50. The molecule has 0 aliphatic carbocycles. The van der Waals surface area contributed by atoms with E-state index < -0.39 is 0 Å². The lowest BCUT2D eigenvalue weighted by Crippen LogP contribution is -1.97. The molecule has 1 aromatic rings. The summed E-state index contributed by atoms with van der Waals surface area (Å²) < 4.78 is 5.50. The van der Waals surface area contributed by atoms with Gasteiger partial charge in [-0.2, -0.15) is 0 Å². The van der Waals surface area contributed by atoms with Crippen molar-refractivity contribution in [1.29, 1.82) is 0 Å². The molecule has 1 heteroatoms. The summed E-state index contributed by atoms with van der Waals surface area (Å²) in [5, 5.41) is 0. The van der Waals surface area contributed by atoms with E-state index in [-0.39, 0.29) is 0 Å². The Morgan fingerprint density at radius 1 is 1.29 bits per heavy atom. The lowest BCUT2D eigenvalue weighted by molar-refractivity contribution is 0.352. The average Bonchev–Trinajstić information content (AvgIpc) is 2.17. The van der Waals surface area contributed by atoms with E-state index in [0.717, 1.165) is 17.7 Å². The normalized spacial score (nSPS) is 9.86. The van der Waals surface area contributed by atoms with E-state index >= 15 is 0 Å². The Morgan fingerprint density at radius 3 is 2.43 bits per heavy atom. The molecule has 0 unspecified atom stereocenters. The molecular weight excluding hydrogens is 172 g/mol. The van der Waals surface area contributed by atoms with Crippen LogP contribution in [0.5, 0.6) is 5.75 Å². The Hall–Kier alpha value is -1.24. The van der Waals surface area contributed by atoms with Crippen molar-refractivity contribution < 1.29 is 4.74 Å². The molecule has 76 valence electrons. The van der Waals surface area contributed by atoms with Gasteiger partial charge in [0.2, 0.25) is 0 Å². The molecule has 0 aromatic heterocycles. The molecule has 0 bridgehead atoms. The van der Waals surface area contributed by atoms with Gasteiger partial charge in [-0.3, -0.25) is 0 Å². The summed E-state index contributed by atoms with van der Waals surface area (Å²) in [5.41, 5.74) is 2.41. The third-order valence-corrected chi connectivity index (χ3v) is 1.95. The minimum absolute atomic E-state index is 0.604. The van der Waals surface area contributed by atoms with Gasteiger partial charge in [0.1, 0.15) is 12.4 Å². The van der Waals surface area contributed by atoms with Crippen molar-refractivity contribution in [3.05, 3.63) is 42.0 Å². The molecule has 0 fully saturated rings. The van der Waals surface area contributed by atoms with E-state index in [4.69, 9.17) is 4.74 Å². The molecule has 0 saturated carbocycles. The Bertz CT molecular complexity index is 285. The fourth-order valence-electron chi connectivity index (χ4n) is 1.25. The second-order valence-electron chi connectivity index (χ2n) is 3.64. The molecule has 0 heterocycles. The van der Waals surface area contributed by atoms with Gasteiger partial charge in [0.05, 0.1) is 0 Å². The molecule has 14 heavy (non-hydrogen) atoms. The third-order valence-electron chi connectivity index (χ3n) is 1.95. The molecule has 0 amide bonds. The number of hydrogen-bond acceptors (Lipinski definition) is 1. The predicted octanol–water partition coefficient (Wildman–Crippen LogP) is 3.59. The number of rotatable bonds is 5. The van der Waals surface area contributed by atoms with Crippen LogP contribution in [0.15, 0.2) is 36.4 Å². The summed E-state index contributed by atoms with van der Waals surface area (Å²) in [6, 6.07) is 8.29. The summed E-state index contributed by atoms with van der Waals surface area (Å²) in [4.78, 5) is 0. The number of ether oxygens (including phenoxy) is 1. The molecule has 0 spiro atoms. The number of aryl methyl sites for hydroxylation is 1. The minimum atomic E-state index is 0.604. The second-order valence-corrected chi connectivity index (χ2v) is 3.64. The van der Waals surface area contributed by atoms with Gasteiger partial charge in [-0.05, 0) is 36.6 Å². The Labute approximate surface area is 86.4 Å². The zero-order valence-corrected chi connectivity index (χ0v) is 9.05. The van der Waals surface area contributed by atoms with Crippen molar-refractivity contribution in [3.8, 4) is 5.75 Å². The van der Waals surface area contributed by atoms with Gasteiger partial charge < -0.3 is 4.74 Å². The standard InChI is InChI=1S/C13H18O/c1-4-5-12-6-8-13(9-7-12)14-10-11(2)3/h6-9H,2,4-5,10H2,1,3H3. The van der Waals surface area contributed by atoms with Crippen molar-refractivity contribution in [1.82, 2.24) is 0 Å². The fourth-order valence-corrected chi connectivity index (χ4v) is 1.25. The van der Waals surface area contributed by atoms with Crippen LogP contribution < -0.4 is 4.74 Å². The summed E-state index contributed by atoms with van der Waals surface area (Å²) in [7, 11) is 0. The van der Waals surface area contributed by atoms with E-state index in [0.29, 0.717) is 6.61 Å². The van der Waals surface area contributed by atoms with Gasteiger partial charge in [-0.1, -0.05) is 32.1 Å². The van der Waals surface area contributed by atoms with Gasteiger partial charge in [-0.25, -0.2) is 0 Å². The zero-order valence-electron chi connectivity index (χ0n) is 9.05. The maximum absolute atomic E-state index is 5.50. The topological polar surface area (TPSA) is 9.23 Å². The van der Waals surface area contributed by atoms with Gasteiger partial charge in [0.15, 0.2) is 0 Å². The molecular formula is C13H18O. The van der Waals surface area contributed by atoms with Crippen LogP contribution in [0.25, 0.3) is 0 Å². The van der Waals surface area contributed by atoms with Crippen LogP contribution in [-0.2, 0) is 6.42 Å². The molecule has 1 aromatic carbocycles. The molecule has 1 nitrogen and oxygen atoms in total. The highest BCUT2D eigenvalue weighted by molar-refractivity contribution is 5.27. The van der Waals surface area contributed by atoms with E-state index in [9.17, 15) is 0 Å². The first-order valence-electron chi connectivity index (χ1n) is 5.08. The first-order valence-corrected chi connectivity index (χ1v) is 5.08. The zero-order chi connectivity index (χ0) is 10.4. The van der Waals surface area contributed by atoms with Crippen molar-refractivity contribution in [2.45, 2.75) is 26.7 Å². The highest BCUT2D eigenvalue weighted by Gasteiger charge is 1.94.